The maximum Gasteiger partial charge on any atom is 0.244 e. The molecule has 2 rings (SSSR count). The molecule has 2 aromatic rings. The molecule has 2 heterocycles. The molecular weight excluding hydrogens is 292 g/mol. The lowest BCUT2D eigenvalue weighted by Crippen LogP contribution is -2.27. The van der Waals surface area contributed by atoms with E-state index in [1.807, 2.05) is 6.07 Å². The number of sulfonamides is 1. The summed E-state index contributed by atoms with van der Waals surface area (Å²) in [4.78, 5) is 4.01. The quantitative estimate of drug-likeness (QED) is 0.839. The van der Waals surface area contributed by atoms with Crippen molar-refractivity contribution in [2.75, 3.05) is 6.54 Å². The molecule has 0 aliphatic carbocycles. The normalized spacial score (nSPS) is 11.8. The molecule has 2 aromatic heterocycles. The van der Waals surface area contributed by atoms with E-state index in [2.05, 4.69) is 9.71 Å². The van der Waals surface area contributed by atoms with Gasteiger partial charge in [0.15, 0.2) is 0 Å². The van der Waals surface area contributed by atoms with E-state index in [4.69, 9.17) is 4.42 Å². The Labute approximate surface area is 123 Å². The van der Waals surface area contributed by atoms with Crippen LogP contribution in [0.4, 0.5) is 0 Å². The summed E-state index contributed by atoms with van der Waals surface area (Å²) in [5, 5.41) is 9.32. The first-order valence-corrected chi connectivity index (χ1v) is 8.02. The third-order valence-corrected chi connectivity index (χ3v) is 4.84. The second kappa shape index (κ2) is 6.38. The Morgan fingerprint density at radius 3 is 2.71 bits per heavy atom. The van der Waals surface area contributed by atoms with Crippen LogP contribution in [0.25, 0.3) is 0 Å². The number of aryl methyl sites for hydroxylation is 2. The van der Waals surface area contributed by atoms with Gasteiger partial charge in [0.1, 0.15) is 16.4 Å². The molecule has 2 N–H and O–H groups in total. The van der Waals surface area contributed by atoms with Gasteiger partial charge in [-0.15, -0.1) is 0 Å². The van der Waals surface area contributed by atoms with Gasteiger partial charge in [-0.2, -0.15) is 0 Å². The number of nitrogens with one attached hydrogen (secondary N) is 1. The number of furan rings is 1. The van der Waals surface area contributed by atoms with Crippen molar-refractivity contribution in [3.63, 3.8) is 0 Å². The number of rotatable bonds is 6. The summed E-state index contributed by atoms with van der Waals surface area (Å²) >= 11 is 0. The molecule has 0 amide bonds. The average Bonchev–Trinajstić information content (AvgIpc) is 2.74. The van der Waals surface area contributed by atoms with Gasteiger partial charge in [-0.1, -0.05) is 6.07 Å². The monoisotopic (exact) mass is 310 g/mol. The van der Waals surface area contributed by atoms with Crippen molar-refractivity contribution in [1.29, 1.82) is 0 Å². The van der Waals surface area contributed by atoms with Crippen molar-refractivity contribution < 1.29 is 17.9 Å². The topological polar surface area (TPSA) is 92.4 Å². The fourth-order valence-electron chi connectivity index (χ4n) is 2.19. The second-order valence-electron chi connectivity index (χ2n) is 4.69. The predicted molar refractivity (Wildman–Crippen MR) is 77.2 cm³/mol. The Balaban J connectivity index is 2.12. The van der Waals surface area contributed by atoms with Gasteiger partial charge in [0.05, 0.1) is 6.61 Å². The first-order valence-electron chi connectivity index (χ1n) is 6.54. The molecule has 6 nitrogen and oxygen atoms in total. The third kappa shape index (κ3) is 3.49. The first-order chi connectivity index (χ1) is 9.95. The first kappa shape index (κ1) is 15.7. The molecule has 7 heteroatoms. The fourth-order valence-corrected chi connectivity index (χ4v) is 3.66. The minimum atomic E-state index is -3.71. The molecule has 0 spiro atoms. The zero-order valence-electron chi connectivity index (χ0n) is 12.0. The molecule has 0 aliphatic heterocycles. The van der Waals surface area contributed by atoms with E-state index in [1.165, 1.54) is 0 Å². The number of aliphatic hydroxyl groups is 1. The highest BCUT2D eigenvalue weighted by molar-refractivity contribution is 7.89. The fraction of sp³-hybridized carbons (Fsp3) is 0.357. The van der Waals surface area contributed by atoms with Gasteiger partial charge in [0.2, 0.25) is 10.0 Å². The summed E-state index contributed by atoms with van der Waals surface area (Å²) in [6.07, 6.45) is 3.90. The van der Waals surface area contributed by atoms with Gasteiger partial charge in [0.25, 0.3) is 0 Å². The lowest BCUT2D eigenvalue weighted by molar-refractivity contribution is 0.276. The van der Waals surface area contributed by atoms with E-state index in [1.54, 1.807) is 32.3 Å². The van der Waals surface area contributed by atoms with Gasteiger partial charge in [-0.25, -0.2) is 13.1 Å². The van der Waals surface area contributed by atoms with Gasteiger partial charge in [-0.05, 0) is 31.9 Å². The van der Waals surface area contributed by atoms with Gasteiger partial charge < -0.3 is 9.52 Å². The summed E-state index contributed by atoms with van der Waals surface area (Å²) in [5.41, 5.74) is 1.25. The lowest BCUT2D eigenvalue weighted by atomic mass is 10.2. The van der Waals surface area contributed by atoms with Crippen molar-refractivity contribution in [1.82, 2.24) is 9.71 Å². The van der Waals surface area contributed by atoms with Crippen LogP contribution in [0.15, 0.2) is 33.8 Å². The maximum absolute atomic E-state index is 12.3. The number of hydrogen-bond donors (Lipinski definition) is 2. The van der Waals surface area contributed by atoms with Gasteiger partial charge >= 0.3 is 0 Å². The molecular formula is C14H18N2O4S. The number of aliphatic hydroxyl groups excluding tert-OH is 1. The van der Waals surface area contributed by atoms with Crippen LogP contribution in [0.5, 0.6) is 0 Å². The summed E-state index contributed by atoms with van der Waals surface area (Å²) < 4.78 is 32.5. The Morgan fingerprint density at radius 1 is 1.33 bits per heavy atom. The van der Waals surface area contributed by atoms with Crippen molar-refractivity contribution in [2.24, 2.45) is 0 Å². The van der Waals surface area contributed by atoms with Crippen LogP contribution in [0.2, 0.25) is 0 Å². The van der Waals surface area contributed by atoms with Crippen LogP contribution in [0.3, 0.4) is 0 Å². The molecule has 0 atom stereocenters. The van der Waals surface area contributed by atoms with Crippen LogP contribution in [0, 0.1) is 13.8 Å². The summed E-state index contributed by atoms with van der Waals surface area (Å²) in [6.45, 7) is 3.08. The molecule has 0 unspecified atom stereocenters. The number of aromatic nitrogens is 1. The Hall–Kier alpha value is -1.70. The highest BCUT2D eigenvalue weighted by Gasteiger charge is 2.25. The minimum absolute atomic E-state index is 0.0358. The van der Waals surface area contributed by atoms with E-state index >= 15 is 0 Å². The van der Waals surface area contributed by atoms with Gasteiger partial charge in [0, 0.05) is 24.5 Å². The van der Waals surface area contributed by atoms with E-state index in [9.17, 15) is 13.5 Å². The van der Waals surface area contributed by atoms with Crippen molar-refractivity contribution in [3.05, 3.63) is 47.2 Å². The largest absolute Gasteiger partial charge is 0.465 e. The van der Waals surface area contributed by atoms with Crippen LogP contribution < -0.4 is 4.72 Å². The standard InChI is InChI=1S/C14H18N2O4S/c1-10-13(9-17)14(11(2)20-10)21(18,19)16-7-5-12-4-3-6-15-8-12/h3-4,6,8,16-17H,5,7,9H2,1-2H3. The van der Waals surface area contributed by atoms with Crippen LogP contribution in [-0.4, -0.2) is 25.1 Å². The summed E-state index contributed by atoms with van der Waals surface area (Å²) in [6, 6.07) is 3.69. The minimum Gasteiger partial charge on any atom is -0.465 e. The SMILES string of the molecule is Cc1oc(C)c(S(=O)(=O)NCCc2cccnc2)c1CO. The molecule has 0 aromatic carbocycles. The Bertz CT molecular complexity index is 708. The van der Waals surface area contributed by atoms with E-state index in [0.29, 0.717) is 17.7 Å². The maximum atomic E-state index is 12.3. The summed E-state index contributed by atoms with van der Waals surface area (Å²) in [7, 11) is -3.71. The molecule has 0 saturated heterocycles. The number of hydrogen-bond acceptors (Lipinski definition) is 5. The van der Waals surface area contributed by atoms with Crippen LogP contribution in [-0.2, 0) is 23.1 Å². The van der Waals surface area contributed by atoms with Crippen LogP contribution >= 0.6 is 0 Å². The molecule has 21 heavy (non-hydrogen) atoms. The lowest BCUT2D eigenvalue weighted by Gasteiger charge is -2.07. The molecule has 114 valence electrons. The third-order valence-electron chi connectivity index (χ3n) is 3.18. The highest BCUT2D eigenvalue weighted by Crippen LogP contribution is 2.26. The zero-order valence-corrected chi connectivity index (χ0v) is 12.8. The van der Waals surface area contributed by atoms with Crippen molar-refractivity contribution in [2.45, 2.75) is 31.8 Å². The molecule has 0 saturated carbocycles. The molecule has 0 aliphatic rings. The highest BCUT2D eigenvalue weighted by atomic mass is 32.2. The molecule has 0 radical (unpaired) electrons. The van der Waals surface area contributed by atoms with E-state index in [0.717, 1.165) is 5.56 Å². The number of pyridine rings is 1. The second-order valence-corrected chi connectivity index (χ2v) is 6.39. The molecule has 0 fully saturated rings. The molecule has 0 bridgehead atoms. The van der Waals surface area contributed by atoms with Crippen LogP contribution in [0.1, 0.15) is 22.6 Å². The van der Waals surface area contributed by atoms with Gasteiger partial charge in [-0.3, -0.25) is 4.98 Å². The average molecular weight is 310 g/mol. The predicted octanol–water partition coefficient (Wildman–Crippen LogP) is 1.30. The Kier molecular flexibility index (Phi) is 4.76. The smallest absolute Gasteiger partial charge is 0.244 e. The van der Waals surface area contributed by atoms with Crippen molar-refractivity contribution >= 4 is 10.0 Å². The Morgan fingerprint density at radius 2 is 2.10 bits per heavy atom. The van der Waals surface area contributed by atoms with E-state index < -0.39 is 10.0 Å². The number of nitrogens with zero attached hydrogens (tertiary/aromatic N) is 1. The van der Waals surface area contributed by atoms with E-state index in [-0.39, 0.29) is 23.8 Å². The summed E-state index contributed by atoms with van der Waals surface area (Å²) in [5.74, 6) is 0.702. The van der Waals surface area contributed by atoms with Crippen molar-refractivity contribution in [3.8, 4) is 0 Å². The zero-order chi connectivity index (χ0) is 15.5.